The quantitative estimate of drug-likeness (QED) is 0.357. The van der Waals surface area contributed by atoms with Crippen LogP contribution < -0.4 is 5.32 Å². The zero-order chi connectivity index (χ0) is 9.30. The maximum atomic E-state index is 11.1. The van der Waals surface area contributed by atoms with Gasteiger partial charge in [0.2, 0.25) is 0 Å². The molecule has 4 atom stereocenters. The molecule has 1 rings (SSSR count). The van der Waals surface area contributed by atoms with Crippen LogP contribution >= 0.6 is 0 Å². The van der Waals surface area contributed by atoms with E-state index in [1.54, 1.807) is 6.92 Å². The van der Waals surface area contributed by atoms with Crippen molar-refractivity contribution in [3.05, 3.63) is 0 Å². The standard InChI is InChI=1S/C7H13NO4/c1-3-5(10)7(12)6(11)4(2-9)8-3/h3-5,7-10,12H,2H2,1H3/t3?,4?,5?,7-/m1/s1. The third kappa shape index (κ3) is 1.49. The highest BCUT2D eigenvalue weighted by Gasteiger charge is 2.39. The molecule has 0 spiro atoms. The molecule has 0 amide bonds. The molecule has 3 unspecified atom stereocenters. The van der Waals surface area contributed by atoms with Gasteiger partial charge in [0.05, 0.1) is 12.6 Å². The molecule has 5 heteroatoms. The van der Waals surface area contributed by atoms with Crippen molar-refractivity contribution in [2.24, 2.45) is 0 Å². The molecule has 5 nitrogen and oxygen atoms in total. The van der Waals surface area contributed by atoms with E-state index < -0.39 is 24.0 Å². The number of nitrogens with one attached hydrogen (secondary N) is 1. The van der Waals surface area contributed by atoms with Crippen molar-refractivity contribution in [1.82, 2.24) is 5.32 Å². The van der Waals surface area contributed by atoms with Crippen LogP contribution in [0.5, 0.6) is 0 Å². The van der Waals surface area contributed by atoms with Crippen LogP contribution in [-0.4, -0.2) is 52.0 Å². The van der Waals surface area contributed by atoms with Gasteiger partial charge >= 0.3 is 0 Å². The van der Waals surface area contributed by atoms with Gasteiger partial charge in [0.1, 0.15) is 12.2 Å². The topological polar surface area (TPSA) is 89.8 Å². The molecule has 0 saturated carbocycles. The maximum absolute atomic E-state index is 11.1. The van der Waals surface area contributed by atoms with Crippen LogP contribution in [0.1, 0.15) is 6.92 Å². The highest BCUT2D eigenvalue weighted by atomic mass is 16.3. The molecule has 1 fully saturated rings. The lowest BCUT2D eigenvalue weighted by molar-refractivity contribution is -0.142. The second-order valence-electron chi connectivity index (χ2n) is 3.03. The molecule has 0 aromatic rings. The predicted molar refractivity (Wildman–Crippen MR) is 40.5 cm³/mol. The zero-order valence-electron chi connectivity index (χ0n) is 6.77. The Kier molecular flexibility index (Phi) is 2.79. The van der Waals surface area contributed by atoms with Gasteiger partial charge in [-0.1, -0.05) is 0 Å². The smallest absolute Gasteiger partial charge is 0.183 e. The van der Waals surface area contributed by atoms with E-state index >= 15 is 0 Å². The first-order valence-electron chi connectivity index (χ1n) is 3.84. The van der Waals surface area contributed by atoms with Crippen molar-refractivity contribution in [3.8, 4) is 0 Å². The van der Waals surface area contributed by atoms with Crippen molar-refractivity contribution in [1.29, 1.82) is 0 Å². The van der Waals surface area contributed by atoms with Gasteiger partial charge in [0.25, 0.3) is 0 Å². The minimum absolute atomic E-state index is 0.354. The van der Waals surface area contributed by atoms with E-state index in [1.165, 1.54) is 0 Å². The van der Waals surface area contributed by atoms with Gasteiger partial charge in [-0.25, -0.2) is 0 Å². The third-order valence-electron chi connectivity index (χ3n) is 2.12. The predicted octanol–water partition coefficient (Wildman–Crippen LogP) is -2.37. The number of hydrogen-bond acceptors (Lipinski definition) is 5. The summed E-state index contributed by atoms with van der Waals surface area (Å²) >= 11 is 0. The van der Waals surface area contributed by atoms with Gasteiger partial charge in [-0.05, 0) is 6.92 Å². The van der Waals surface area contributed by atoms with Gasteiger partial charge in [-0.15, -0.1) is 0 Å². The van der Waals surface area contributed by atoms with Crippen molar-refractivity contribution in [2.75, 3.05) is 6.61 Å². The lowest BCUT2D eigenvalue weighted by atomic mass is 9.93. The highest BCUT2D eigenvalue weighted by molar-refractivity contribution is 5.89. The van der Waals surface area contributed by atoms with Crippen molar-refractivity contribution in [3.63, 3.8) is 0 Å². The van der Waals surface area contributed by atoms with Crippen LogP contribution in [-0.2, 0) is 4.79 Å². The molecule has 0 bridgehead atoms. The SMILES string of the molecule is CC1NC(CO)C(=O)[C@H](O)C1O. The van der Waals surface area contributed by atoms with Crippen molar-refractivity contribution < 1.29 is 20.1 Å². The van der Waals surface area contributed by atoms with Crippen molar-refractivity contribution in [2.45, 2.75) is 31.2 Å². The van der Waals surface area contributed by atoms with Gasteiger partial charge < -0.3 is 20.6 Å². The number of ketones is 1. The summed E-state index contributed by atoms with van der Waals surface area (Å²) in [5, 5.41) is 29.8. The molecule has 1 heterocycles. The number of piperidine rings is 1. The molecular formula is C7H13NO4. The molecule has 0 aromatic carbocycles. The number of aliphatic hydroxyl groups is 3. The molecule has 4 N–H and O–H groups in total. The largest absolute Gasteiger partial charge is 0.394 e. The minimum atomic E-state index is -1.38. The number of rotatable bonds is 1. The lowest BCUT2D eigenvalue weighted by Gasteiger charge is -2.34. The van der Waals surface area contributed by atoms with Crippen LogP contribution in [0.2, 0.25) is 0 Å². The van der Waals surface area contributed by atoms with Crippen LogP contribution in [0.15, 0.2) is 0 Å². The summed E-state index contributed by atoms with van der Waals surface area (Å²) in [6.45, 7) is 1.29. The summed E-state index contributed by atoms with van der Waals surface area (Å²) in [7, 11) is 0. The van der Waals surface area contributed by atoms with E-state index in [4.69, 9.17) is 10.2 Å². The first kappa shape index (κ1) is 9.60. The second kappa shape index (κ2) is 3.49. The fourth-order valence-corrected chi connectivity index (χ4v) is 1.29. The van der Waals surface area contributed by atoms with Crippen LogP contribution in [0.4, 0.5) is 0 Å². The summed E-state index contributed by atoms with van der Waals surface area (Å²) in [5.74, 6) is -0.553. The number of Topliss-reactive ketones (excluding diaryl/α,β-unsaturated/α-hetero) is 1. The van der Waals surface area contributed by atoms with Crippen molar-refractivity contribution >= 4 is 5.78 Å². The normalized spacial score (nSPS) is 43.2. The Hall–Kier alpha value is -0.490. The maximum Gasteiger partial charge on any atom is 0.183 e. The number of hydrogen-bond donors (Lipinski definition) is 4. The lowest BCUT2D eigenvalue weighted by Crippen LogP contribution is -2.62. The molecule has 0 aromatic heterocycles. The average molecular weight is 175 g/mol. The second-order valence-corrected chi connectivity index (χ2v) is 3.03. The number of carbonyl (C=O) groups is 1. The van der Waals surface area contributed by atoms with E-state index in [9.17, 15) is 9.90 Å². The molecule has 0 radical (unpaired) electrons. The molecule has 1 saturated heterocycles. The van der Waals surface area contributed by atoms with Crippen LogP contribution in [0.3, 0.4) is 0 Å². The number of aliphatic hydroxyl groups excluding tert-OH is 3. The van der Waals surface area contributed by atoms with Crippen LogP contribution in [0.25, 0.3) is 0 Å². The molecule has 70 valence electrons. The third-order valence-corrected chi connectivity index (χ3v) is 2.12. The Morgan fingerprint density at radius 2 is 2.08 bits per heavy atom. The summed E-state index contributed by atoms with van der Waals surface area (Å²) in [6.07, 6.45) is -2.46. The molecule has 1 aliphatic rings. The first-order valence-corrected chi connectivity index (χ1v) is 3.84. The number of carbonyl (C=O) groups excluding carboxylic acids is 1. The minimum Gasteiger partial charge on any atom is -0.394 e. The van der Waals surface area contributed by atoms with E-state index in [0.717, 1.165) is 0 Å². The monoisotopic (exact) mass is 175 g/mol. The van der Waals surface area contributed by atoms with Gasteiger partial charge in [-0.2, -0.15) is 0 Å². The highest BCUT2D eigenvalue weighted by Crippen LogP contribution is 2.10. The fraction of sp³-hybridized carbons (Fsp3) is 0.857. The summed E-state index contributed by atoms with van der Waals surface area (Å²) in [4.78, 5) is 11.1. The van der Waals surface area contributed by atoms with Gasteiger partial charge in [-0.3, -0.25) is 4.79 Å². The first-order chi connectivity index (χ1) is 5.57. The summed E-state index contributed by atoms with van der Waals surface area (Å²) in [6, 6.07) is -1.13. The fourth-order valence-electron chi connectivity index (χ4n) is 1.29. The van der Waals surface area contributed by atoms with E-state index in [0.29, 0.717) is 0 Å². The van der Waals surface area contributed by atoms with Gasteiger partial charge in [0.15, 0.2) is 5.78 Å². The van der Waals surface area contributed by atoms with E-state index in [-0.39, 0.29) is 12.6 Å². The zero-order valence-corrected chi connectivity index (χ0v) is 6.77. The molecule has 12 heavy (non-hydrogen) atoms. The van der Waals surface area contributed by atoms with Gasteiger partial charge in [0, 0.05) is 6.04 Å². The average Bonchev–Trinajstić information content (AvgIpc) is 2.08. The Labute approximate surface area is 70.0 Å². The summed E-state index contributed by atoms with van der Waals surface area (Å²) < 4.78 is 0. The van der Waals surface area contributed by atoms with Crippen LogP contribution in [0, 0.1) is 0 Å². The van der Waals surface area contributed by atoms with E-state index in [1.807, 2.05) is 0 Å². The Morgan fingerprint density at radius 3 is 2.58 bits per heavy atom. The Bertz CT molecular complexity index is 180. The molecule has 1 aliphatic heterocycles. The molecular weight excluding hydrogens is 162 g/mol. The summed E-state index contributed by atoms with van der Waals surface area (Å²) in [5.41, 5.74) is 0. The van der Waals surface area contributed by atoms with E-state index in [2.05, 4.69) is 5.32 Å². The Morgan fingerprint density at radius 1 is 1.50 bits per heavy atom. The molecule has 0 aliphatic carbocycles. The Balaban J connectivity index is 2.70.